The molecule has 1 saturated carbocycles. The molecule has 0 bridgehead atoms. The molecule has 1 aromatic carbocycles. The molecule has 0 atom stereocenters. The van der Waals surface area contributed by atoms with Gasteiger partial charge in [-0.15, -0.1) is 0 Å². The van der Waals surface area contributed by atoms with Crippen LogP contribution in [0.1, 0.15) is 18.4 Å². The number of rotatable bonds is 6. The fourth-order valence-corrected chi connectivity index (χ4v) is 2.26. The fraction of sp³-hybridized carbons (Fsp3) is 0.500. The van der Waals surface area contributed by atoms with E-state index in [1.807, 2.05) is 0 Å². The Morgan fingerprint density at radius 2 is 1.95 bits per heavy atom. The Balaban J connectivity index is 1.99. The molecule has 1 fully saturated rings. The van der Waals surface area contributed by atoms with Crippen molar-refractivity contribution >= 4 is 11.4 Å². The lowest BCUT2D eigenvalue weighted by Gasteiger charge is -2.31. The molecule has 0 amide bonds. The van der Waals surface area contributed by atoms with Crippen LogP contribution >= 0.6 is 0 Å². The molecule has 8 nitrogen and oxygen atoms in total. The molecule has 2 N–H and O–H groups in total. The van der Waals surface area contributed by atoms with Crippen molar-refractivity contribution in [3.8, 4) is 0 Å². The molecule has 0 radical (unpaired) electrons. The van der Waals surface area contributed by atoms with E-state index < -0.39 is 9.85 Å². The van der Waals surface area contributed by atoms with Crippen LogP contribution in [-0.2, 0) is 6.54 Å². The first kappa shape index (κ1) is 14.4. The average molecular weight is 281 g/mol. The highest BCUT2D eigenvalue weighted by molar-refractivity contribution is 5.49. The second kappa shape index (κ2) is 5.93. The molecule has 1 aromatic rings. The molecule has 0 heterocycles. The first-order chi connectivity index (χ1) is 9.47. The molecule has 108 valence electrons. The van der Waals surface area contributed by atoms with Gasteiger partial charge in [0, 0.05) is 18.2 Å². The number of benzene rings is 1. The molecule has 0 saturated heterocycles. The van der Waals surface area contributed by atoms with E-state index in [1.165, 1.54) is 12.1 Å². The molecule has 1 aliphatic rings. The molecular weight excluding hydrogens is 266 g/mol. The van der Waals surface area contributed by atoms with Crippen molar-refractivity contribution in [2.45, 2.75) is 25.5 Å². The standard InChI is InChI=1S/C12H15N3O5/c16-11-3-8(4-11)6-13-7-9-1-2-10(14(17)18)5-12(9)15(19)20/h1-2,5,8,11,13,16H,3-4,6-7H2. The molecule has 0 spiro atoms. The number of aliphatic hydroxyl groups excluding tert-OH is 1. The second-order valence-corrected chi connectivity index (χ2v) is 4.95. The van der Waals surface area contributed by atoms with E-state index >= 15 is 0 Å². The summed E-state index contributed by atoms with van der Waals surface area (Å²) < 4.78 is 0. The van der Waals surface area contributed by atoms with Crippen LogP contribution in [-0.4, -0.2) is 27.6 Å². The molecule has 0 aliphatic heterocycles. The third-order valence-corrected chi connectivity index (χ3v) is 3.44. The zero-order valence-corrected chi connectivity index (χ0v) is 10.7. The smallest absolute Gasteiger partial charge is 0.280 e. The summed E-state index contributed by atoms with van der Waals surface area (Å²) in [5, 5.41) is 33.8. The fourth-order valence-electron chi connectivity index (χ4n) is 2.26. The predicted molar refractivity (Wildman–Crippen MR) is 70.2 cm³/mol. The Bertz CT molecular complexity index is 528. The molecule has 1 aliphatic carbocycles. The van der Waals surface area contributed by atoms with Crippen LogP contribution < -0.4 is 5.32 Å². The lowest BCUT2D eigenvalue weighted by atomic mass is 9.82. The highest BCUT2D eigenvalue weighted by Crippen LogP contribution is 2.27. The number of nitro groups is 2. The Morgan fingerprint density at radius 1 is 1.25 bits per heavy atom. The molecule has 2 rings (SSSR count). The summed E-state index contributed by atoms with van der Waals surface area (Å²) in [5.41, 5.74) is -0.122. The minimum Gasteiger partial charge on any atom is -0.393 e. The first-order valence-corrected chi connectivity index (χ1v) is 6.28. The van der Waals surface area contributed by atoms with Crippen molar-refractivity contribution in [3.63, 3.8) is 0 Å². The van der Waals surface area contributed by atoms with Crippen LogP contribution in [0.15, 0.2) is 18.2 Å². The molecule has 20 heavy (non-hydrogen) atoms. The SMILES string of the molecule is O=[N+]([O-])c1ccc(CNCC2CC(O)C2)c([N+](=O)[O-])c1. The zero-order chi connectivity index (χ0) is 14.7. The number of non-ortho nitro benzene ring substituents is 1. The molecular formula is C12H15N3O5. The van der Waals surface area contributed by atoms with Gasteiger partial charge in [-0.2, -0.15) is 0 Å². The number of hydrogen-bond acceptors (Lipinski definition) is 6. The van der Waals surface area contributed by atoms with Crippen LogP contribution in [0.2, 0.25) is 0 Å². The quantitative estimate of drug-likeness (QED) is 0.600. The van der Waals surface area contributed by atoms with Crippen molar-refractivity contribution < 1.29 is 15.0 Å². The van der Waals surface area contributed by atoms with Crippen LogP contribution in [0.3, 0.4) is 0 Å². The van der Waals surface area contributed by atoms with Crippen molar-refractivity contribution in [1.29, 1.82) is 0 Å². The topological polar surface area (TPSA) is 119 Å². The zero-order valence-electron chi connectivity index (χ0n) is 10.7. The monoisotopic (exact) mass is 281 g/mol. The van der Waals surface area contributed by atoms with E-state index in [2.05, 4.69) is 5.32 Å². The average Bonchev–Trinajstić information content (AvgIpc) is 2.36. The van der Waals surface area contributed by atoms with Crippen LogP contribution in [0, 0.1) is 26.1 Å². The molecule has 0 unspecified atom stereocenters. The van der Waals surface area contributed by atoms with E-state index in [-0.39, 0.29) is 24.0 Å². The summed E-state index contributed by atoms with van der Waals surface area (Å²) in [5.74, 6) is 0.391. The Kier molecular flexibility index (Phi) is 4.26. The molecule has 0 aromatic heterocycles. The largest absolute Gasteiger partial charge is 0.393 e. The van der Waals surface area contributed by atoms with Gasteiger partial charge in [-0.1, -0.05) is 0 Å². The Labute approximate surface area is 114 Å². The van der Waals surface area contributed by atoms with Gasteiger partial charge in [0.15, 0.2) is 0 Å². The van der Waals surface area contributed by atoms with E-state index in [1.54, 1.807) is 0 Å². The van der Waals surface area contributed by atoms with Gasteiger partial charge in [0.1, 0.15) is 0 Å². The first-order valence-electron chi connectivity index (χ1n) is 6.28. The van der Waals surface area contributed by atoms with Crippen molar-refractivity contribution in [2.24, 2.45) is 5.92 Å². The summed E-state index contributed by atoms with van der Waals surface area (Å²) in [7, 11) is 0. The minimum absolute atomic E-state index is 0.226. The van der Waals surface area contributed by atoms with Crippen molar-refractivity contribution in [2.75, 3.05) is 6.54 Å². The van der Waals surface area contributed by atoms with Gasteiger partial charge in [-0.3, -0.25) is 20.2 Å². The number of nitrogens with zero attached hydrogens (tertiary/aromatic N) is 2. The third-order valence-electron chi connectivity index (χ3n) is 3.44. The van der Waals surface area contributed by atoms with E-state index in [0.717, 1.165) is 18.9 Å². The van der Waals surface area contributed by atoms with Crippen molar-refractivity contribution in [3.05, 3.63) is 44.0 Å². The maximum absolute atomic E-state index is 10.9. The highest BCUT2D eigenvalue weighted by atomic mass is 16.6. The van der Waals surface area contributed by atoms with Gasteiger partial charge >= 0.3 is 0 Å². The van der Waals surface area contributed by atoms with E-state index in [9.17, 15) is 20.2 Å². The summed E-state index contributed by atoms with van der Waals surface area (Å²) in [6.07, 6.45) is 1.26. The lowest BCUT2D eigenvalue weighted by molar-refractivity contribution is -0.394. The number of hydrogen-bond donors (Lipinski definition) is 2. The maximum Gasteiger partial charge on any atom is 0.280 e. The van der Waals surface area contributed by atoms with Gasteiger partial charge in [0.25, 0.3) is 11.4 Å². The van der Waals surface area contributed by atoms with Gasteiger partial charge in [-0.05, 0) is 31.4 Å². The van der Waals surface area contributed by atoms with Crippen molar-refractivity contribution in [1.82, 2.24) is 5.32 Å². The van der Waals surface area contributed by atoms with Gasteiger partial charge in [0.2, 0.25) is 0 Å². The van der Waals surface area contributed by atoms with Crippen LogP contribution in [0.5, 0.6) is 0 Å². The summed E-state index contributed by atoms with van der Waals surface area (Å²) in [6.45, 7) is 0.951. The Morgan fingerprint density at radius 3 is 2.50 bits per heavy atom. The van der Waals surface area contributed by atoms with Gasteiger partial charge in [-0.25, -0.2) is 0 Å². The van der Waals surface area contributed by atoms with Gasteiger partial charge < -0.3 is 10.4 Å². The number of aliphatic hydroxyl groups is 1. The normalized spacial score (nSPS) is 21.2. The van der Waals surface area contributed by atoms with Crippen LogP contribution in [0.25, 0.3) is 0 Å². The van der Waals surface area contributed by atoms with E-state index in [0.29, 0.717) is 18.0 Å². The van der Waals surface area contributed by atoms with E-state index in [4.69, 9.17) is 5.11 Å². The summed E-state index contributed by atoms with van der Waals surface area (Å²) >= 11 is 0. The summed E-state index contributed by atoms with van der Waals surface area (Å²) in [6, 6.07) is 3.64. The number of nitro benzene ring substituents is 2. The summed E-state index contributed by atoms with van der Waals surface area (Å²) in [4.78, 5) is 20.3. The minimum atomic E-state index is -0.653. The lowest BCUT2D eigenvalue weighted by Crippen LogP contribution is -2.35. The predicted octanol–water partition coefficient (Wildman–Crippen LogP) is 1.36. The third kappa shape index (κ3) is 3.28. The highest BCUT2D eigenvalue weighted by Gasteiger charge is 2.26. The maximum atomic E-state index is 10.9. The van der Waals surface area contributed by atoms with Gasteiger partial charge in [0.05, 0.1) is 22.0 Å². The number of nitrogens with one attached hydrogen (secondary N) is 1. The molecule has 8 heteroatoms. The van der Waals surface area contributed by atoms with Crippen LogP contribution in [0.4, 0.5) is 11.4 Å². The second-order valence-electron chi connectivity index (χ2n) is 4.95. The Hall–Kier alpha value is -2.06.